The number of hydrogen-bond acceptors (Lipinski definition) is 4. The Hall–Kier alpha value is -1.04. The van der Waals surface area contributed by atoms with E-state index in [4.69, 9.17) is 17.3 Å². The average molecular weight is 301 g/mol. The third-order valence-electron chi connectivity index (χ3n) is 2.54. The molecule has 0 saturated heterocycles. The maximum Gasteiger partial charge on any atom is 0.264 e. The second kappa shape index (κ2) is 5.30. The molecule has 0 unspecified atom stereocenters. The number of thiophene rings is 2. The minimum Gasteiger partial charge on any atom is -0.398 e. The Labute approximate surface area is 119 Å². The second-order valence-electron chi connectivity index (χ2n) is 3.99. The molecule has 6 heteroatoms. The molecule has 0 fully saturated rings. The minimum absolute atomic E-state index is 0.00989. The van der Waals surface area contributed by atoms with Gasteiger partial charge in [-0.25, -0.2) is 0 Å². The summed E-state index contributed by atoms with van der Waals surface area (Å²) < 4.78 is 0.738. The molecule has 0 radical (unpaired) electrons. The summed E-state index contributed by atoms with van der Waals surface area (Å²) in [5, 5.41) is 0. The van der Waals surface area contributed by atoms with Crippen LogP contribution in [0.15, 0.2) is 18.2 Å². The topological polar surface area (TPSA) is 46.3 Å². The van der Waals surface area contributed by atoms with Crippen LogP contribution in [0.3, 0.4) is 0 Å². The molecule has 18 heavy (non-hydrogen) atoms. The first-order valence-electron chi connectivity index (χ1n) is 5.33. The van der Waals surface area contributed by atoms with E-state index in [1.165, 1.54) is 22.7 Å². The van der Waals surface area contributed by atoms with Gasteiger partial charge in [-0.1, -0.05) is 11.6 Å². The van der Waals surface area contributed by atoms with Crippen LogP contribution in [0.4, 0.5) is 5.69 Å². The molecule has 1 amide bonds. The van der Waals surface area contributed by atoms with Crippen LogP contribution in [-0.2, 0) is 6.54 Å². The van der Waals surface area contributed by atoms with Gasteiger partial charge in [0.2, 0.25) is 0 Å². The molecular formula is C12H13ClN2OS2. The number of nitrogens with two attached hydrogens (primary N) is 1. The maximum absolute atomic E-state index is 12.2. The third kappa shape index (κ3) is 2.85. The SMILES string of the molecule is Cc1sc(C(=O)N(C)Cc2ccc(Cl)s2)cc1N. The summed E-state index contributed by atoms with van der Waals surface area (Å²) in [5.41, 5.74) is 6.44. The highest BCUT2D eigenvalue weighted by Gasteiger charge is 2.16. The van der Waals surface area contributed by atoms with E-state index in [9.17, 15) is 4.79 Å². The molecule has 0 aromatic carbocycles. The van der Waals surface area contributed by atoms with Crippen molar-refractivity contribution < 1.29 is 4.79 Å². The number of nitrogen functional groups attached to an aromatic ring is 1. The average Bonchev–Trinajstić information content (AvgIpc) is 2.85. The molecule has 96 valence electrons. The van der Waals surface area contributed by atoms with Crippen molar-refractivity contribution in [2.24, 2.45) is 0 Å². The normalized spacial score (nSPS) is 10.6. The van der Waals surface area contributed by atoms with Crippen LogP contribution in [0, 0.1) is 6.92 Å². The molecule has 2 aromatic heterocycles. The molecule has 2 rings (SSSR count). The molecule has 2 N–H and O–H groups in total. The van der Waals surface area contributed by atoms with Crippen LogP contribution in [0.25, 0.3) is 0 Å². The fourth-order valence-corrected chi connectivity index (χ4v) is 3.61. The lowest BCUT2D eigenvalue weighted by molar-refractivity contribution is 0.0791. The predicted molar refractivity (Wildman–Crippen MR) is 78.6 cm³/mol. The second-order valence-corrected chi connectivity index (χ2v) is 7.05. The molecule has 2 heterocycles. The van der Waals surface area contributed by atoms with Crippen molar-refractivity contribution >= 4 is 45.9 Å². The van der Waals surface area contributed by atoms with Crippen molar-refractivity contribution in [2.75, 3.05) is 12.8 Å². The highest BCUT2D eigenvalue weighted by Crippen LogP contribution is 2.26. The summed E-state index contributed by atoms with van der Waals surface area (Å²) in [7, 11) is 1.78. The van der Waals surface area contributed by atoms with Gasteiger partial charge < -0.3 is 10.6 Å². The quantitative estimate of drug-likeness (QED) is 0.941. The molecule has 0 aliphatic rings. The molecule has 0 atom stereocenters. The van der Waals surface area contributed by atoms with Gasteiger partial charge in [-0.2, -0.15) is 0 Å². The molecule has 0 aliphatic carbocycles. The zero-order valence-electron chi connectivity index (χ0n) is 10.1. The number of hydrogen-bond donors (Lipinski definition) is 1. The van der Waals surface area contributed by atoms with Crippen LogP contribution in [0.2, 0.25) is 4.34 Å². The molecule has 0 bridgehead atoms. The van der Waals surface area contributed by atoms with Gasteiger partial charge in [0.1, 0.15) is 0 Å². The Balaban J connectivity index is 2.09. The molecule has 0 spiro atoms. The largest absolute Gasteiger partial charge is 0.398 e. The molecular weight excluding hydrogens is 288 g/mol. The van der Waals surface area contributed by atoms with Gasteiger partial charge in [0.05, 0.1) is 15.8 Å². The highest BCUT2D eigenvalue weighted by atomic mass is 35.5. The van der Waals surface area contributed by atoms with Crippen molar-refractivity contribution in [1.29, 1.82) is 0 Å². The van der Waals surface area contributed by atoms with Gasteiger partial charge in [-0.3, -0.25) is 4.79 Å². The number of amides is 1. The van der Waals surface area contributed by atoms with Crippen LogP contribution >= 0.6 is 34.3 Å². The number of aryl methyl sites for hydroxylation is 1. The van der Waals surface area contributed by atoms with Gasteiger partial charge >= 0.3 is 0 Å². The first-order chi connectivity index (χ1) is 8.47. The van der Waals surface area contributed by atoms with E-state index in [1.54, 1.807) is 18.0 Å². The summed E-state index contributed by atoms with van der Waals surface area (Å²) in [6.45, 7) is 2.48. The number of carbonyl (C=O) groups is 1. The van der Waals surface area contributed by atoms with Crippen LogP contribution in [0.1, 0.15) is 19.4 Å². The van der Waals surface area contributed by atoms with Crippen molar-refractivity contribution in [3.8, 4) is 0 Å². The zero-order chi connectivity index (χ0) is 13.3. The monoisotopic (exact) mass is 300 g/mol. The summed E-state index contributed by atoms with van der Waals surface area (Å²) in [6.07, 6.45) is 0. The lowest BCUT2D eigenvalue weighted by Gasteiger charge is -2.14. The summed E-state index contributed by atoms with van der Waals surface area (Å²) >= 11 is 8.78. The van der Waals surface area contributed by atoms with Crippen LogP contribution in [-0.4, -0.2) is 17.9 Å². The summed E-state index contributed by atoms with van der Waals surface area (Å²) in [6, 6.07) is 5.51. The Morgan fingerprint density at radius 1 is 1.44 bits per heavy atom. The minimum atomic E-state index is -0.00989. The number of halogens is 1. The zero-order valence-corrected chi connectivity index (χ0v) is 12.5. The fraction of sp³-hybridized carbons (Fsp3) is 0.250. The number of anilines is 1. The van der Waals surface area contributed by atoms with Gasteiger partial charge in [0.15, 0.2) is 0 Å². The van der Waals surface area contributed by atoms with E-state index in [2.05, 4.69) is 0 Å². The summed E-state index contributed by atoms with van der Waals surface area (Å²) in [4.78, 5) is 16.6. The highest BCUT2D eigenvalue weighted by molar-refractivity contribution is 7.16. The molecule has 2 aromatic rings. The van der Waals surface area contributed by atoms with Crippen LogP contribution in [0.5, 0.6) is 0 Å². The van der Waals surface area contributed by atoms with E-state index >= 15 is 0 Å². The van der Waals surface area contributed by atoms with Gasteiger partial charge in [-0.15, -0.1) is 22.7 Å². The first kappa shape index (κ1) is 13.4. The van der Waals surface area contributed by atoms with E-state index in [0.29, 0.717) is 17.1 Å². The van der Waals surface area contributed by atoms with E-state index in [1.807, 2.05) is 19.1 Å². The van der Waals surface area contributed by atoms with E-state index < -0.39 is 0 Å². The number of nitrogens with zero attached hydrogens (tertiary/aromatic N) is 1. The van der Waals surface area contributed by atoms with Gasteiger partial charge in [0.25, 0.3) is 5.91 Å². The lowest BCUT2D eigenvalue weighted by Crippen LogP contribution is -2.24. The number of carbonyl (C=O) groups excluding carboxylic acids is 1. The smallest absolute Gasteiger partial charge is 0.264 e. The Bertz CT molecular complexity index is 557. The van der Waals surface area contributed by atoms with Crippen molar-refractivity contribution in [2.45, 2.75) is 13.5 Å². The lowest BCUT2D eigenvalue weighted by atomic mass is 10.3. The fourth-order valence-electron chi connectivity index (χ4n) is 1.53. The molecule has 0 aliphatic heterocycles. The van der Waals surface area contributed by atoms with E-state index in [0.717, 1.165) is 14.1 Å². The Morgan fingerprint density at radius 3 is 2.67 bits per heavy atom. The maximum atomic E-state index is 12.2. The van der Waals surface area contributed by atoms with Gasteiger partial charge in [-0.05, 0) is 25.1 Å². The Morgan fingerprint density at radius 2 is 2.17 bits per heavy atom. The first-order valence-corrected chi connectivity index (χ1v) is 7.34. The Kier molecular flexibility index (Phi) is 3.94. The van der Waals surface area contributed by atoms with Crippen molar-refractivity contribution in [3.63, 3.8) is 0 Å². The van der Waals surface area contributed by atoms with Crippen molar-refractivity contribution in [3.05, 3.63) is 37.2 Å². The third-order valence-corrected chi connectivity index (χ3v) is 4.81. The van der Waals surface area contributed by atoms with Crippen molar-refractivity contribution in [1.82, 2.24) is 4.90 Å². The predicted octanol–water partition coefficient (Wildman–Crippen LogP) is 3.63. The van der Waals surface area contributed by atoms with Crippen LogP contribution < -0.4 is 5.73 Å². The molecule has 3 nitrogen and oxygen atoms in total. The summed E-state index contributed by atoms with van der Waals surface area (Å²) in [5.74, 6) is -0.00989. The van der Waals surface area contributed by atoms with E-state index in [-0.39, 0.29) is 5.91 Å². The molecule has 0 saturated carbocycles. The standard InChI is InChI=1S/C12H13ClN2OS2/c1-7-9(14)5-10(17-7)12(16)15(2)6-8-3-4-11(13)18-8/h3-5H,6,14H2,1-2H3. The number of rotatable bonds is 3. The van der Waals surface area contributed by atoms with Gasteiger partial charge in [0, 0.05) is 22.5 Å².